The van der Waals surface area contributed by atoms with Crippen LogP contribution in [-0.4, -0.2) is 5.11 Å². The van der Waals surface area contributed by atoms with Crippen molar-refractivity contribution in [1.29, 1.82) is 0 Å². The average molecular weight is 281 g/mol. The zero-order chi connectivity index (χ0) is 14.8. The summed E-state index contributed by atoms with van der Waals surface area (Å²) >= 11 is 0. The molecule has 1 heterocycles. The van der Waals surface area contributed by atoms with E-state index in [1.807, 2.05) is 49.4 Å². The average Bonchev–Trinajstić information content (AvgIpc) is 2.91. The first kappa shape index (κ1) is 13.7. The third-order valence-electron chi connectivity index (χ3n) is 3.77. The first-order valence-electron chi connectivity index (χ1n) is 7.17. The summed E-state index contributed by atoms with van der Waals surface area (Å²) in [6, 6.07) is 17.5. The summed E-state index contributed by atoms with van der Waals surface area (Å²) in [5.74, 6) is 1.22. The number of hydrogen-bond donors (Lipinski definition) is 2. The molecule has 3 heteroatoms. The fraction of sp³-hybridized carbons (Fsp3) is 0.222. The Morgan fingerprint density at radius 3 is 2.43 bits per heavy atom. The van der Waals surface area contributed by atoms with E-state index in [1.165, 1.54) is 0 Å². The van der Waals surface area contributed by atoms with Crippen molar-refractivity contribution < 1.29 is 9.52 Å². The largest absolute Gasteiger partial charge is 0.508 e. The molecule has 0 aliphatic rings. The molecule has 0 aliphatic carbocycles. The minimum atomic E-state index is 0.0365. The van der Waals surface area contributed by atoms with Crippen molar-refractivity contribution in [3.63, 3.8) is 0 Å². The van der Waals surface area contributed by atoms with E-state index in [9.17, 15) is 5.11 Å². The highest BCUT2D eigenvalue weighted by atomic mass is 16.3. The lowest BCUT2D eigenvalue weighted by molar-refractivity contribution is 0.403. The Morgan fingerprint density at radius 2 is 1.67 bits per heavy atom. The van der Waals surface area contributed by atoms with Crippen molar-refractivity contribution in [1.82, 2.24) is 5.32 Å². The molecule has 2 atom stereocenters. The van der Waals surface area contributed by atoms with E-state index >= 15 is 0 Å². The predicted molar refractivity (Wildman–Crippen MR) is 84.3 cm³/mol. The standard InChI is InChI=1S/C18H19NO2/c1-12(15-8-4-5-9-16(15)20)19-13(2)18-11-14-7-3-6-10-17(14)21-18/h3-13,19-20H,1-2H3. The molecule has 2 N–H and O–H groups in total. The van der Waals surface area contributed by atoms with Crippen LogP contribution in [0.4, 0.5) is 0 Å². The van der Waals surface area contributed by atoms with Gasteiger partial charge in [-0.05, 0) is 32.0 Å². The number of furan rings is 1. The lowest BCUT2D eigenvalue weighted by Gasteiger charge is -2.19. The third-order valence-corrected chi connectivity index (χ3v) is 3.77. The van der Waals surface area contributed by atoms with Crippen LogP contribution in [0.15, 0.2) is 59.0 Å². The van der Waals surface area contributed by atoms with Crippen LogP contribution >= 0.6 is 0 Å². The molecule has 21 heavy (non-hydrogen) atoms. The Labute approximate surface area is 124 Å². The number of aromatic hydroxyl groups is 1. The van der Waals surface area contributed by atoms with Gasteiger partial charge in [-0.3, -0.25) is 0 Å². The van der Waals surface area contributed by atoms with Crippen LogP contribution in [0, 0.1) is 0 Å². The van der Waals surface area contributed by atoms with Crippen LogP contribution < -0.4 is 5.32 Å². The van der Waals surface area contributed by atoms with Gasteiger partial charge in [0.15, 0.2) is 0 Å². The van der Waals surface area contributed by atoms with E-state index in [4.69, 9.17) is 4.42 Å². The second-order valence-electron chi connectivity index (χ2n) is 5.36. The number of phenolic OH excluding ortho intramolecular Hbond substituents is 1. The van der Waals surface area contributed by atoms with Crippen molar-refractivity contribution >= 4 is 11.0 Å². The maximum absolute atomic E-state index is 9.92. The highest BCUT2D eigenvalue weighted by Crippen LogP contribution is 2.28. The van der Waals surface area contributed by atoms with Gasteiger partial charge in [0, 0.05) is 17.0 Å². The van der Waals surface area contributed by atoms with E-state index in [2.05, 4.69) is 18.3 Å². The highest BCUT2D eigenvalue weighted by molar-refractivity contribution is 5.77. The van der Waals surface area contributed by atoms with Gasteiger partial charge in [-0.2, -0.15) is 0 Å². The molecule has 0 saturated heterocycles. The summed E-state index contributed by atoms with van der Waals surface area (Å²) in [5, 5.41) is 14.5. The van der Waals surface area contributed by atoms with Gasteiger partial charge in [-0.1, -0.05) is 36.4 Å². The minimum Gasteiger partial charge on any atom is -0.508 e. The number of para-hydroxylation sites is 2. The maximum Gasteiger partial charge on any atom is 0.134 e. The topological polar surface area (TPSA) is 45.4 Å². The molecule has 1 aromatic heterocycles. The number of hydrogen-bond acceptors (Lipinski definition) is 3. The number of benzene rings is 2. The normalized spacial score (nSPS) is 14.2. The fourth-order valence-electron chi connectivity index (χ4n) is 2.62. The number of nitrogens with one attached hydrogen (secondary N) is 1. The molecular weight excluding hydrogens is 262 g/mol. The fourth-order valence-corrected chi connectivity index (χ4v) is 2.62. The lowest BCUT2D eigenvalue weighted by Crippen LogP contribution is -2.22. The van der Waals surface area contributed by atoms with Gasteiger partial charge in [-0.15, -0.1) is 0 Å². The third kappa shape index (κ3) is 2.78. The Kier molecular flexibility index (Phi) is 3.67. The van der Waals surface area contributed by atoms with E-state index in [1.54, 1.807) is 6.07 Å². The molecule has 0 aliphatic heterocycles. The number of phenols is 1. The molecule has 0 fully saturated rings. The van der Waals surface area contributed by atoms with Crippen LogP contribution in [0.25, 0.3) is 11.0 Å². The second kappa shape index (κ2) is 5.62. The van der Waals surface area contributed by atoms with Gasteiger partial charge in [0.25, 0.3) is 0 Å². The summed E-state index contributed by atoms with van der Waals surface area (Å²) in [7, 11) is 0. The summed E-state index contributed by atoms with van der Waals surface area (Å²) in [5.41, 5.74) is 1.79. The van der Waals surface area contributed by atoms with Crippen molar-refractivity contribution in [3.8, 4) is 5.75 Å². The van der Waals surface area contributed by atoms with Crippen molar-refractivity contribution in [2.45, 2.75) is 25.9 Å². The van der Waals surface area contributed by atoms with Crippen molar-refractivity contribution in [3.05, 3.63) is 65.9 Å². The molecule has 0 amide bonds. The first-order chi connectivity index (χ1) is 10.1. The zero-order valence-electron chi connectivity index (χ0n) is 12.2. The highest BCUT2D eigenvalue weighted by Gasteiger charge is 2.16. The van der Waals surface area contributed by atoms with Gasteiger partial charge in [0.05, 0.1) is 6.04 Å². The Balaban J connectivity index is 1.79. The zero-order valence-corrected chi connectivity index (χ0v) is 12.2. The Morgan fingerprint density at radius 1 is 0.952 bits per heavy atom. The van der Waals surface area contributed by atoms with E-state index in [0.717, 1.165) is 22.3 Å². The molecule has 3 nitrogen and oxygen atoms in total. The maximum atomic E-state index is 9.92. The van der Waals surface area contributed by atoms with Crippen molar-refractivity contribution in [2.75, 3.05) is 0 Å². The molecule has 3 aromatic rings. The molecule has 3 rings (SSSR count). The quantitative estimate of drug-likeness (QED) is 0.737. The molecule has 0 saturated carbocycles. The lowest BCUT2D eigenvalue weighted by atomic mass is 10.1. The van der Waals surface area contributed by atoms with Crippen LogP contribution in [0.1, 0.15) is 37.3 Å². The van der Waals surface area contributed by atoms with Crippen LogP contribution in [0.5, 0.6) is 5.75 Å². The molecule has 2 aromatic carbocycles. The van der Waals surface area contributed by atoms with Crippen LogP contribution in [0.2, 0.25) is 0 Å². The first-order valence-corrected chi connectivity index (χ1v) is 7.17. The summed E-state index contributed by atoms with van der Waals surface area (Å²) < 4.78 is 5.87. The smallest absolute Gasteiger partial charge is 0.134 e. The summed E-state index contributed by atoms with van der Waals surface area (Å²) in [4.78, 5) is 0. The van der Waals surface area contributed by atoms with Crippen LogP contribution in [0.3, 0.4) is 0 Å². The molecular formula is C18H19NO2. The van der Waals surface area contributed by atoms with Gasteiger partial charge in [0.2, 0.25) is 0 Å². The van der Waals surface area contributed by atoms with E-state index in [-0.39, 0.29) is 12.1 Å². The van der Waals surface area contributed by atoms with Crippen molar-refractivity contribution in [2.24, 2.45) is 0 Å². The van der Waals surface area contributed by atoms with Gasteiger partial charge >= 0.3 is 0 Å². The Bertz CT molecular complexity index is 715. The van der Waals surface area contributed by atoms with Crippen LogP contribution in [-0.2, 0) is 0 Å². The second-order valence-corrected chi connectivity index (χ2v) is 5.36. The van der Waals surface area contributed by atoms with Gasteiger partial charge in [0.1, 0.15) is 17.1 Å². The Hall–Kier alpha value is -2.26. The summed E-state index contributed by atoms with van der Waals surface area (Å²) in [6.45, 7) is 4.10. The van der Waals surface area contributed by atoms with Gasteiger partial charge in [-0.25, -0.2) is 0 Å². The monoisotopic (exact) mass is 281 g/mol. The van der Waals surface area contributed by atoms with Gasteiger partial charge < -0.3 is 14.8 Å². The SMILES string of the molecule is CC(NC(C)c1ccccc1O)c1cc2ccccc2o1. The molecule has 0 radical (unpaired) electrons. The molecule has 108 valence electrons. The minimum absolute atomic E-state index is 0.0365. The molecule has 2 unspecified atom stereocenters. The molecule has 0 bridgehead atoms. The number of rotatable bonds is 4. The summed E-state index contributed by atoms with van der Waals surface area (Å²) in [6.07, 6.45) is 0. The predicted octanol–water partition coefficient (Wildman–Crippen LogP) is 4.55. The number of fused-ring (bicyclic) bond motifs is 1. The van der Waals surface area contributed by atoms with E-state index in [0.29, 0.717) is 5.75 Å². The molecule has 0 spiro atoms. The van der Waals surface area contributed by atoms with E-state index < -0.39 is 0 Å².